The first kappa shape index (κ1) is 15.8. The predicted octanol–water partition coefficient (Wildman–Crippen LogP) is 2.01. The van der Waals surface area contributed by atoms with Crippen LogP contribution in [-0.2, 0) is 4.79 Å². The van der Waals surface area contributed by atoms with Gasteiger partial charge >= 0.3 is 0 Å². The zero-order valence-corrected chi connectivity index (χ0v) is 13.1. The molecular formula is C16H30N2O2. The number of aliphatic hydroxyl groups excluding tert-OH is 1. The third-order valence-electron chi connectivity index (χ3n) is 5.14. The molecule has 0 aliphatic carbocycles. The van der Waals surface area contributed by atoms with E-state index in [1.54, 1.807) is 0 Å². The molecule has 0 aromatic rings. The fourth-order valence-electron chi connectivity index (χ4n) is 3.82. The first-order valence-electron chi connectivity index (χ1n) is 8.33. The summed E-state index contributed by atoms with van der Waals surface area (Å²) in [6, 6.07) is 1.02. The van der Waals surface area contributed by atoms with Gasteiger partial charge < -0.3 is 10.0 Å². The van der Waals surface area contributed by atoms with Crippen molar-refractivity contribution in [3.05, 3.63) is 0 Å². The van der Waals surface area contributed by atoms with Crippen LogP contribution in [0.5, 0.6) is 0 Å². The van der Waals surface area contributed by atoms with E-state index in [9.17, 15) is 9.90 Å². The van der Waals surface area contributed by atoms with Crippen LogP contribution < -0.4 is 0 Å². The Morgan fingerprint density at radius 1 is 1.15 bits per heavy atom. The van der Waals surface area contributed by atoms with Gasteiger partial charge in [-0.2, -0.15) is 0 Å². The molecule has 4 nitrogen and oxygen atoms in total. The molecule has 0 bridgehead atoms. The third kappa shape index (κ3) is 3.53. The Balaban J connectivity index is 1.97. The van der Waals surface area contributed by atoms with Gasteiger partial charge in [-0.15, -0.1) is 0 Å². The first-order valence-corrected chi connectivity index (χ1v) is 8.33. The minimum absolute atomic E-state index is 0.174. The first-order chi connectivity index (χ1) is 9.67. The van der Waals surface area contributed by atoms with Crippen molar-refractivity contribution >= 4 is 5.91 Å². The van der Waals surface area contributed by atoms with Crippen LogP contribution in [0.25, 0.3) is 0 Å². The van der Waals surface area contributed by atoms with Crippen molar-refractivity contribution in [3.63, 3.8) is 0 Å². The number of aliphatic hydroxyl groups is 1. The molecule has 2 heterocycles. The summed E-state index contributed by atoms with van der Waals surface area (Å²) in [5.41, 5.74) is 0. The number of rotatable bonds is 4. The summed E-state index contributed by atoms with van der Waals surface area (Å²) in [5.74, 6) is 0.267. The molecule has 1 N–H and O–H groups in total. The van der Waals surface area contributed by atoms with E-state index < -0.39 is 0 Å². The Morgan fingerprint density at radius 2 is 1.90 bits per heavy atom. The van der Waals surface area contributed by atoms with Gasteiger partial charge in [0.2, 0.25) is 5.91 Å². The Morgan fingerprint density at radius 3 is 2.60 bits per heavy atom. The van der Waals surface area contributed by atoms with Crippen molar-refractivity contribution in [2.24, 2.45) is 0 Å². The van der Waals surface area contributed by atoms with Gasteiger partial charge in [-0.3, -0.25) is 9.69 Å². The number of likely N-dealkylation sites (tertiary alicyclic amines) is 2. The second kappa shape index (κ2) is 7.41. The second-order valence-electron chi connectivity index (χ2n) is 6.43. The molecule has 4 heteroatoms. The summed E-state index contributed by atoms with van der Waals surface area (Å²) >= 11 is 0. The van der Waals surface area contributed by atoms with Crippen molar-refractivity contribution in [3.8, 4) is 0 Å². The van der Waals surface area contributed by atoms with Crippen molar-refractivity contribution in [1.82, 2.24) is 9.80 Å². The molecule has 1 amide bonds. The lowest BCUT2D eigenvalue weighted by atomic mass is 9.96. The number of amides is 1. The fourth-order valence-corrected chi connectivity index (χ4v) is 3.82. The predicted molar refractivity (Wildman–Crippen MR) is 80.5 cm³/mol. The standard InChI is InChI=1S/C16H30N2O2/c1-3-14-8-4-5-10-17(14)16(20)11-18-13(2)7-6-9-15(18)12-19/h13-15,19H,3-12H2,1-2H3. The van der Waals surface area contributed by atoms with Gasteiger partial charge in [-0.25, -0.2) is 0 Å². The van der Waals surface area contributed by atoms with Gasteiger partial charge in [0, 0.05) is 24.7 Å². The second-order valence-corrected chi connectivity index (χ2v) is 6.43. The lowest BCUT2D eigenvalue weighted by Gasteiger charge is -2.42. The molecule has 2 fully saturated rings. The molecule has 116 valence electrons. The van der Waals surface area contributed by atoms with Crippen LogP contribution in [0.4, 0.5) is 0 Å². The molecule has 2 saturated heterocycles. The topological polar surface area (TPSA) is 43.8 Å². The Hall–Kier alpha value is -0.610. The molecule has 2 rings (SSSR count). The third-order valence-corrected chi connectivity index (χ3v) is 5.14. The maximum atomic E-state index is 12.6. The minimum atomic E-state index is 0.174. The van der Waals surface area contributed by atoms with Crippen LogP contribution in [0.1, 0.15) is 58.8 Å². The SMILES string of the molecule is CCC1CCCCN1C(=O)CN1C(C)CCCC1CO. The Kier molecular flexibility index (Phi) is 5.85. The van der Waals surface area contributed by atoms with Crippen LogP contribution in [0.3, 0.4) is 0 Å². The molecule has 3 unspecified atom stereocenters. The number of hydrogen-bond donors (Lipinski definition) is 1. The smallest absolute Gasteiger partial charge is 0.237 e. The van der Waals surface area contributed by atoms with Crippen LogP contribution in [-0.4, -0.2) is 58.6 Å². The van der Waals surface area contributed by atoms with Crippen molar-refractivity contribution < 1.29 is 9.90 Å². The van der Waals surface area contributed by atoms with E-state index in [1.165, 1.54) is 12.8 Å². The van der Waals surface area contributed by atoms with E-state index in [4.69, 9.17) is 0 Å². The number of carbonyl (C=O) groups excluding carboxylic acids is 1. The molecule has 0 spiro atoms. The van der Waals surface area contributed by atoms with Crippen LogP contribution >= 0.6 is 0 Å². The van der Waals surface area contributed by atoms with E-state index in [0.29, 0.717) is 18.6 Å². The van der Waals surface area contributed by atoms with E-state index in [-0.39, 0.29) is 18.6 Å². The van der Waals surface area contributed by atoms with Gasteiger partial charge in [-0.05, 0) is 45.4 Å². The van der Waals surface area contributed by atoms with Gasteiger partial charge in [0.25, 0.3) is 0 Å². The summed E-state index contributed by atoms with van der Waals surface area (Å²) in [4.78, 5) is 17.0. The average Bonchev–Trinajstić information content (AvgIpc) is 2.49. The maximum absolute atomic E-state index is 12.6. The number of piperidine rings is 2. The molecule has 3 atom stereocenters. The highest BCUT2D eigenvalue weighted by atomic mass is 16.3. The zero-order chi connectivity index (χ0) is 14.5. The van der Waals surface area contributed by atoms with Crippen LogP contribution in [0, 0.1) is 0 Å². The largest absolute Gasteiger partial charge is 0.395 e. The lowest BCUT2D eigenvalue weighted by Crippen LogP contribution is -2.54. The van der Waals surface area contributed by atoms with Crippen LogP contribution in [0.2, 0.25) is 0 Å². The summed E-state index contributed by atoms with van der Waals surface area (Å²) in [7, 11) is 0. The summed E-state index contributed by atoms with van der Waals surface area (Å²) in [5, 5.41) is 9.53. The van der Waals surface area contributed by atoms with Crippen molar-refractivity contribution in [2.45, 2.75) is 76.9 Å². The minimum Gasteiger partial charge on any atom is -0.395 e. The average molecular weight is 282 g/mol. The summed E-state index contributed by atoms with van der Waals surface area (Å²) < 4.78 is 0. The van der Waals surface area contributed by atoms with E-state index in [1.807, 2.05) is 0 Å². The normalized spacial score (nSPS) is 32.4. The van der Waals surface area contributed by atoms with Gasteiger partial charge in [0.15, 0.2) is 0 Å². The summed E-state index contributed by atoms with van der Waals surface area (Å²) in [6.07, 6.45) is 7.93. The molecule has 0 radical (unpaired) electrons. The number of carbonyl (C=O) groups is 1. The highest BCUT2D eigenvalue weighted by molar-refractivity contribution is 5.78. The van der Waals surface area contributed by atoms with Gasteiger partial charge in [0.1, 0.15) is 0 Å². The molecule has 0 saturated carbocycles. The number of nitrogens with zero attached hydrogens (tertiary/aromatic N) is 2. The van der Waals surface area contributed by atoms with Crippen molar-refractivity contribution in [2.75, 3.05) is 19.7 Å². The molecular weight excluding hydrogens is 252 g/mol. The number of hydrogen-bond acceptors (Lipinski definition) is 3. The monoisotopic (exact) mass is 282 g/mol. The lowest BCUT2D eigenvalue weighted by molar-refractivity contribution is -0.138. The molecule has 0 aromatic heterocycles. The zero-order valence-electron chi connectivity index (χ0n) is 13.1. The van der Waals surface area contributed by atoms with E-state index >= 15 is 0 Å². The highest BCUT2D eigenvalue weighted by Crippen LogP contribution is 2.24. The van der Waals surface area contributed by atoms with E-state index in [0.717, 1.165) is 38.6 Å². The van der Waals surface area contributed by atoms with Crippen LogP contribution in [0.15, 0.2) is 0 Å². The van der Waals surface area contributed by atoms with Crippen molar-refractivity contribution in [1.29, 1.82) is 0 Å². The highest BCUT2D eigenvalue weighted by Gasteiger charge is 2.32. The quantitative estimate of drug-likeness (QED) is 0.858. The van der Waals surface area contributed by atoms with E-state index in [2.05, 4.69) is 23.6 Å². The Bertz CT molecular complexity index is 322. The fraction of sp³-hybridized carbons (Fsp3) is 0.938. The van der Waals surface area contributed by atoms with Gasteiger partial charge in [-0.1, -0.05) is 13.3 Å². The molecule has 2 aliphatic rings. The molecule has 0 aromatic carbocycles. The molecule has 20 heavy (non-hydrogen) atoms. The maximum Gasteiger partial charge on any atom is 0.237 e. The summed E-state index contributed by atoms with van der Waals surface area (Å²) in [6.45, 7) is 5.94. The van der Waals surface area contributed by atoms with Gasteiger partial charge in [0.05, 0.1) is 13.2 Å². The Labute approximate surface area is 123 Å². The molecule has 2 aliphatic heterocycles.